The lowest BCUT2D eigenvalue weighted by atomic mass is 10.2. The lowest BCUT2D eigenvalue weighted by molar-refractivity contribution is 0.0950. The molecule has 1 aromatic carbocycles. The average Bonchev–Trinajstić information content (AvgIpc) is 3.26. The number of hydrogen-bond acceptors (Lipinski definition) is 6. The van der Waals surface area contributed by atoms with E-state index in [4.69, 9.17) is 4.52 Å². The van der Waals surface area contributed by atoms with Crippen LogP contribution in [0.2, 0.25) is 0 Å². The summed E-state index contributed by atoms with van der Waals surface area (Å²) in [5.74, 6) is 0.0318. The molecule has 0 spiro atoms. The molecule has 0 saturated heterocycles. The molecule has 2 heterocycles. The molecule has 0 aliphatic carbocycles. The largest absolute Gasteiger partial charge is 0.351 e. The van der Waals surface area contributed by atoms with Crippen molar-refractivity contribution < 1.29 is 9.32 Å². The molecule has 3 aromatic rings. The maximum absolute atomic E-state index is 12.8. The molecule has 0 aliphatic rings. The van der Waals surface area contributed by atoms with Gasteiger partial charge >= 0.3 is 0 Å². The Balaban J connectivity index is 1.91. The molecular formula is C18H22N4O2S. The molecule has 3 rings (SSSR count). The second-order valence-corrected chi connectivity index (χ2v) is 7.15. The van der Waals surface area contributed by atoms with Crippen LogP contribution in [0.5, 0.6) is 0 Å². The van der Waals surface area contributed by atoms with Gasteiger partial charge in [0.25, 0.3) is 5.91 Å². The van der Waals surface area contributed by atoms with Crippen LogP contribution in [0.1, 0.15) is 29.5 Å². The van der Waals surface area contributed by atoms with Gasteiger partial charge in [-0.15, -0.1) is 0 Å². The summed E-state index contributed by atoms with van der Waals surface area (Å²) in [5.41, 5.74) is 2.18. The normalized spacial score (nSPS) is 11.4. The molecule has 6 nitrogen and oxygen atoms in total. The minimum absolute atomic E-state index is 0.203. The molecular weight excluding hydrogens is 336 g/mol. The number of fused-ring (bicyclic) bond motifs is 1. The zero-order valence-corrected chi connectivity index (χ0v) is 15.5. The molecule has 132 valence electrons. The Morgan fingerprint density at radius 1 is 1.24 bits per heavy atom. The highest BCUT2D eigenvalue weighted by atomic mass is 32.1. The van der Waals surface area contributed by atoms with E-state index < -0.39 is 0 Å². The van der Waals surface area contributed by atoms with Crippen molar-refractivity contribution >= 4 is 32.6 Å². The molecule has 1 amide bonds. The number of amides is 1. The van der Waals surface area contributed by atoms with Crippen molar-refractivity contribution in [2.45, 2.75) is 19.8 Å². The molecule has 0 aliphatic heterocycles. The zero-order valence-electron chi connectivity index (χ0n) is 14.7. The van der Waals surface area contributed by atoms with Gasteiger partial charge in [0.05, 0.1) is 16.4 Å². The quantitative estimate of drug-likeness (QED) is 0.647. The first kappa shape index (κ1) is 17.6. The summed E-state index contributed by atoms with van der Waals surface area (Å²) in [5, 5.41) is 4.34. The van der Waals surface area contributed by atoms with Gasteiger partial charge in [-0.05, 0) is 51.2 Å². The molecule has 25 heavy (non-hydrogen) atoms. The SMILES string of the molecule is CCc1ccc2nc(N(CCCN(C)C)C(=O)c3ccno3)sc2c1. The number of thiazole rings is 1. The predicted molar refractivity (Wildman–Crippen MR) is 100 cm³/mol. The third-order valence-electron chi connectivity index (χ3n) is 3.96. The molecule has 0 bridgehead atoms. The predicted octanol–water partition coefficient (Wildman–Crippen LogP) is 3.45. The Morgan fingerprint density at radius 2 is 2.08 bits per heavy atom. The number of hydrogen-bond donors (Lipinski definition) is 0. The number of aryl methyl sites for hydroxylation is 1. The molecule has 0 fully saturated rings. The van der Waals surface area contributed by atoms with E-state index in [1.165, 1.54) is 23.1 Å². The number of rotatable bonds is 7. The van der Waals surface area contributed by atoms with Crippen LogP contribution in [0.25, 0.3) is 10.2 Å². The number of aromatic nitrogens is 2. The van der Waals surface area contributed by atoms with Crippen molar-refractivity contribution in [2.75, 3.05) is 32.1 Å². The molecule has 0 saturated carbocycles. The first-order valence-corrected chi connectivity index (χ1v) is 9.17. The highest BCUT2D eigenvalue weighted by molar-refractivity contribution is 7.22. The minimum atomic E-state index is -0.203. The maximum atomic E-state index is 12.8. The monoisotopic (exact) mass is 358 g/mol. The van der Waals surface area contributed by atoms with Crippen molar-refractivity contribution in [2.24, 2.45) is 0 Å². The summed E-state index contributed by atoms with van der Waals surface area (Å²) in [4.78, 5) is 21.3. The Morgan fingerprint density at radius 3 is 2.76 bits per heavy atom. The van der Waals surface area contributed by atoms with Crippen LogP contribution in [-0.2, 0) is 6.42 Å². The summed E-state index contributed by atoms with van der Waals surface area (Å²) in [6, 6.07) is 7.84. The van der Waals surface area contributed by atoms with E-state index in [1.807, 2.05) is 20.2 Å². The van der Waals surface area contributed by atoms with Crippen molar-refractivity contribution in [3.8, 4) is 0 Å². The summed E-state index contributed by atoms with van der Waals surface area (Å²) in [6.45, 7) is 3.60. The number of nitrogens with zero attached hydrogens (tertiary/aromatic N) is 4. The second kappa shape index (κ2) is 7.76. The molecule has 0 N–H and O–H groups in total. The standard InChI is InChI=1S/C18H22N4O2S/c1-4-13-6-7-14-16(12-13)25-18(20-14)22(11-5-10-21(2)3)17(23)15-8-9-19-24-15/h6-9,12H,4-5,10-11H2,1-3H3. The Kier molecular flexibility index (Phi) is 5.45. The second-order valence-electron chi connectivity index (χ2n) is 6.14. The zero-order chi connectivity index (χ0) is 17.8. The summed E-state index contributed by atoms with van der Waals surface area (Å²) in [6.07, 6.45) is 3.31. The molecule has 7 heteroatoms. The van der Waals surface area contributed by atoms with Crippen LogP contribution in [0, 0.1) is 0 Å². The van der Waals surface area contributed by atoms with E-state index in [-0.39, 0.29) is 11.7 Å². The average molecular weight is 358 g/mol. The molecule has 0 atom stereocenters. The van der Waals surface area contributed by atoms with E-state index in [9.17, 15) is 4.79 Å². The number of benzene rings is 1. The smallest absolute Gasteiger partial charge is 0.298 e. The van der Waals surface area contributed by atoms with E-state index in [2.05, 4.69) is 34.1 Å². The maximum Gasteiger partial charge on any atom is 0.298 e. The fourth-order valence-electron chi connectivity index (χ4n) is 2.58. The van der Waals surface area contributed by atoms with Gasteiger partial charge in [0.15, 0.2) is 5.13 Å². The van der Waals surface area contributed by atoms with E-state index in [0.29, 0.717) is 11.7 Å². The van der Waals surface area contributed by atoms with Crippen LogP contribution in [0.15, 0.2) is 35.0 Å². The van der Waals surface area contributed by atoms with E-state index in [1.54, 1.807) is 11.0 Å². The topological polar surface area (TPSA) is 62.5 Å². The van der Waals surface area contributed by atoms with Gasteiger partial charge in [-0.25, -0.2) is 4.98 Å². The lowest BCUT2D eigenvalue weighted by Gasteiger charge is -2.19. The van der Waals surface area contributed by atoms with Crippen molar-refractivity contribution in [3.05, 3.63) is 41.8 Å². The fourth-order valence-corrected chi connectivity index (χ4v) is 3.63. The Hall–Kier alpha value is -2.25. The molecule has 0 unspecified atom stereocenters. The highest BCUT2D eigenvalue weighted by Gasteiger charge is 2.23. The number of anilines is 1. The third kappa shape index (κ3) is 4.05. The van der Waals surface area contributed by atoms with Gasteiger partial charge in [-0.1, -0.05) is 29.5 Å². The van der Waals surface area contributed by atoms with Gasteiger partial charge in [0, 0.05) is 12.6 Å². The van der Waals surface area contributed by atoms with Crippen LogP contribution >= 0.6 is 11.3 Å². The highest BCUT2D eigenvalue weighted by Crippen LogP contribution is 2.30. The van der Waals surface area contributed by atoms with Crippen molar-refractivity contribution in [1.29, 1.82) is 0 Å². The molecule has 0 radical (unpaired) electrons. The number of carbonyl (C=O) groups is 1. The van der Waals surface area contributed by atoms with Gasteiger partial charge in [-0.3, -0.25) is 9.69 Å². The third-order valence-corrected chi connectivity index (χ3v) is 5.00. The lowest BCUT2D eigenvalue weighted by Crippen LogP contribution is -2.33. The van der Waals surface area contributed by atoms with Crippen LogP contribution in [-0.4, -0.2) is 48.1 Å². The summed E-state index contributed by atoms with van der Waals surface area (Å²) < 4.78 is 6.16. The minimum Gasteiger partial charge on any atom is -0.351 e. The van der Waals surface area contributed by atoms with Crippen LogP contribution < -0.4 is 4.90 Å². The Bertz CT molecular complexity index is 842. The van der Waals surface area contributed by atoms with Crippen LogP contribution in [0.4, 0.5) is 5.13 Å². The van der Waals surface area contributed by atoms with E-state index in [0.717, 1.165) is 29.6 Å². The Labute approximate surface area is 151 Å². The molecule has 2 aromatic heterocycles. The van der Waals surface area contributed by atoms with Gasteiger partial charge in [0.2, 0.25) is 5.76 Å². The fraction of sp³-hybridized carbons (Fsp3) is 0.389. The first-order valence-electron chi connectivity index (χ1n) is 8.35. The summed E-state index contributed by atoms with van der Waals surface area (Å²) >= 11 is 1.54. The van der Waals surface area contributed by atoms with Gasteiger partial charge in [-0.2, -0.15) is 0 Å². The van der Waals surface area contributed by atoms with Gasteiger partial charge < -0.3 is 9.42 Å². The summed E-state index contributed by atoms with van der Waals surface area (Å²) in [7, 11) is 4.04. The van der Waals surface area contributed by atoms with Crippen molar-refractivity contribution in [3.63, 3.8) is 0 Å². The van der Waals surface area contributed by atoms with Crippen molar-refractivity contribution in [1.82, 2.24) is 15.0 Å². The first-order chi connectivity index (χ1) is 12.1. The van der Waals surface area contributed by atoms with Crippen LogP contribution in [0.3, 0.4) is 0 Å². The number of carbonyl (C=O) groups excluding carboxylic acids is 1. The van der Waals surface area contributed by atoms with Gasteiger partial charge in [0.1, 0.15) is 0 Å². The van der Waals surface area contributed by atoms with E-state index >= 15 is 0 Å².